The summed E-state index contributed by atoms with van der Waals surface area (Å²) >= 11 is 0. The third-order valence-corrected chi connectivity index (χ3v) is 23.1. The number of benzene rings is 2. The van der Waals surface area contributed by atoms with Crippen molar-refractivity contribution in [2.24, 2.45) is 0 Å². The predicted octanol–water partition coefficient (Wildman–Crippen LogP) is 10.4. The fraction of sp³-hybridized carbons (Fsp3) is 0.635. The second-order valence-corrected chi connectivity index (χ2v) is 28.3. The van der Waals surface area contributed by atoms with Gasteiger partial charge in [-0.3, -0.25) is 24.6 Å². The average Bonchev–Trinajstić information content (AvgIpc) is 1.48. The average molecular weight is 1240 g/mol. The molecule has 86 heavy (non-hydrogen) atoms. The van der Waals surface area contributed by atoms with Gasteiger partial charge in [-0.25, -0.2) is 16.8 Å². The number of hydrogen-bond donors (Lipinski definition) is 0. The molecule has 0 saturated carbocycles. The topological polar surface area (TPSA) is 149 Å². The van der Waals surface area contributed by atoms with Gasteiger partial charge in [0.05, 0.1) is 44.2 Å². The molecule has 6 aliphatic heterocycles. The molecular weight excluding hydrogens is 1160 g/mol. The first-order valence-corrected chi connectivity index (χ1v) is 34.1. The number of ketones is 1. The fourth-order valence-corrected chi connectivity index (χ4v) is 17.9. The van der Waals surface area contributed by atoms with Crippen LogP contribution in [0, 0.1) is 0 Å². The van der Waals surface area contributed by atoms with Crippen LogP contribution in [0.25, 0.3) is 0 Å². The van der Waals surface area contributed by atoms with Crippen molar-refractivity contribution in [3.05, 3.63) is 120 Å². The van der Waals surface area contributed by atoms with Gasteiger partial charge >= 0.3 is 12.4 Å². The molecular formula is C63H84F6N8O7S2. The number of alkyl halides is 6. The van der Waals surface area contributed by atoms with Gasteiger partial charge in [-0.15, -0.1) is 0 Å². The predicted molar refractivity (Wildman–Crippen MR) is 314 cm³/mol. The van der Waals surface area contributed by atoms with Crippen molar-refractivity contribution in [1.82, 2.24) is 38.2 Å². The molecule has 2 aromatic carbocycles. The Morgan fingerprint density at radius 2 is 0.907 bits per heavy atom. The molecule has 0 aliphatic carbocycles. The van der Waals surface area contributed by atoms with Crippen LogP contribution in [0.4, 0.5) is 26.3 Å². The second-order valence-electron chi connectivity index (χ2n) is 24.5. The van der Waals surface area contributed by atoms with Crippen molar-refractivity contribution in [1.29, 1.82) is 0 Å². The van der Waals surface area contributed by atoms with Crippen LogP contribution in [0.5, 0.6) is 0 Å². The number of ether oxygens (including phenoxy) is 2. The lowest BCUT2D eigenvalue weighted by Gasteiger charge is -2.49. The van der Waals surface area contributed by atoms with Crippen molar-refractivity contribution in [3.8, 4) is 0 Å². The highest BCUT2D eigenvalue weighted by atomic mass is 32.2. The maximum atomic E-state index is 16.7. The van der Waals surface area contributed by atoms with Crippen LogP contribution in [0.15, 0.2) is 107 Å². The van der Waals surface area contributed by atoms with Crippen LogP contribution in [0.2, 0.25) is 0 Å². The number of hydrogen-bond acceptors (Lipinski definition) is 13. The molecule has 23 heteroatoms. The third kappa shape index (κ3) is 15.2. The number of piperidine rings is 4. The number of likely N-dealkylation sites (tertiary alicyclic amines) is 4. The summed E-state index contributed by atoms with van der Waals surface area (Å²) in [5.74, 6) is -0.255. The maximum absolute atomic E-state index is 16.7. The van der Waals surface area contributed by atoms with Crippen molar-refractivity contribution < 1.29 is 57.4 Å². The molecule has 4 atom stereocenters. The molecule has 4 unspecified atom stereocenters. The summed E-state index contributed by atoms with van der Waals surface area (Å²) in [6.07, 6.45) is 8.30. The summed E-state index contributed by atoms with van der Waals surface area (Å²) in [5.41, 5.74) is -1.95. The zero-order valence-electron chi connectivity index (χ0n) is 49.2. The Morgan fingerprint density at radius 3 is 1.27 bits per heavy atom. The van der Waals surface area contributed by atoms with E-state index in [9.17, 15) is 43.2 Å². The lowest BCUT2D eigenvalue weighted by Crippen LogP contribution is -2.60. The van der Waals surface area contributed by atoms with Crippen molar-refractivity contribution >= 4 is 25.8 Å². The van der Waals surface area contributed by atoms with Crippen molar-refractivity contribution in [3.63, 3.8) is 0 Å². The minimum atomic E-state index is -4.80. The molecule has 4 aromatic rings. The van der Waals surface area contributed by atoms with Gasteiger partial charge < -0.3 is 19.3 Å². The number of sulfonamides is 2. The van der Waals surface area contributed by atoms with Crippen LogP contribution in [-0.4, -0.2) is 177 Å². The molecule has 6 aliphatic rings. The summed E-state index contributed by atoms with van der Waals surface area (Å²) in [5, 5.41) is 0. The lowest BCUT2D eigenvalue weighted by molar-refractivity contribution is -0.140. The van der Waals surface area contributed by atoms with E-state index in [1.807, 2.05) is 36.7 Å². The summed E-state index contributed by atoms with van der Waals surface area (Å²) < 4.78 is 161. The second kappa shape index (κ2) is 28.2. The summed E-state index contributed by atoms with van der Waals surface area (Å²) in [7, 11) is -9.10. The minimum absolute atomic E-state index is 0.00534. The van der Waals surface area contributed by atoms with Gasteiger partial charge in [0.1, 0.15) is 0 Å². The Balaban J connectivity index is 1.01. The highest BCUT2D eigenvalue weighted by molar-refractivity contribution is 7.89. The van der Waals surface area contributed by atoms with E-state index in [4.69, 9.17) is 9.47 Å². The SMILES string of the molecule is O=C(C(CC1CCCCN1S(=O)(=O)c1cccc(C(F)(F)F)c1)N1CCC(OCCCN2CCCC2)(c2cccnc2)CC1)C(CC1CCCCN1S(=O)(=O)c1cccc(C(F)(F)F)c1)N1CCC(OCCCN2CCCC2)(c2cccnc2)CC1. The Morgan fingerprint density at radius 1 is 0.523 bits per heavy atom. The summed E-state index contributed by atoms with van der Waals surface area (Å²) in [6, 6.07) is 11.7. The Bertz CT molecular complexity index is 2860. The summed E-state index contributed by atoms with van der Waals surface area (Å²) in [6.45, 7) is 8.39. The van der Waals surface area contributed by atoms with E-state index in [0.29, 0.717) is 116 Å². The monoisotopic (exact) mass is 1240 g/mol. The minimum Gasteiger partial charge on any atom is -0.370 e. The zero-order valence-corrected chi connectivity index (χ0v) is 50.8. The van der Waals surface area contributed by atoms with Gasteiger partial charge in [0.2, 0.25) is 20.0 Å². The highest BCUT2D eigenvalue weighted by Crippen LogP contribution is 2.43. The van der Waals surface area contributed by atoms with Gasteiger partial charge in [-0.05, 0) is 177 Å². The first kappa shape index (κ1) is 64.6. The van der Waals surface area contributed by atoms with Crippen LogP contribution in [0.1, 0.15) is 138 Å². The number of aromatic nitrogens is 2. The molecule has 6 fully saturated rings. The Labute approximate surface area is 503 Å². The van der Waals surface area contributed by atoms with Gasteiger partial charge in [-0.2, -0.15) is 35.0 Å². The molecule has 0 radical (unpaired) electrons. The van der Waals surface area contributed by atoms with Crippen LogP contribution >= 0.6 is 0 Å². The Hall–Kier alpha value is -4.43. The molecule has 10 rings (SSSR count). The molecule has 0 bridgehead atoms. The smallest absolute Gasteiger partial charge is 0.370 e. The summed E-state index contributed by atoms with van der Waals surface area (Å²) in [4.78, 5) is 33.8. The largest absolute Gasteiger partial charge is 0.416 e. The van der Waals surface area contributed by atoms with E-state index in [2.05, 4.69) is 29.6 Å². The lowest BCUT2D eigenvalue weighted by atomic mass is 9.81. The van der Waals surface area contributed by atoms with E-state index in [1.165, 1.54) is 46.4 Å². The highest BCUT2D eigenvalue weighted by Gasteiger charge is 2.49. The number of carbonyl (C=O) groups is 1. The third-order valence-electron chi connectivity index (χ3n) is 19.2. The molecule has 2 aromatic heterocycles. The standard InChI is InChI=1S/C63H84F6N8O7S2/c64-62(65,66)49-15-9-21-55(43-49)85(79,80)76-35-3-1-19-53(76)45-57(74-37-23-60(24-38-74,51-17-11-27-70-47-51)83-41-13-33-72-29-5-6-30-72)59(78)58(46-54-20-2-4-36-77(54)86(81,82)56-22-10-16-50(44-56)63(67,68)69)75-39-25-61(26-40-75,52-18-12-28-71-48-52)84-42-14-34-73-31-7-8-32-73/h9-12,15-18,21-22,27-28,43-44,47-48,53-54,57-58H,1-8,13-14,19-20,23-26,29-42,45-46H2. The van der Waals surface area contributed by atoms with Gasteiger partial charge in [0.15, 0.2) is 5.78 Å². The number of nitrogens with zero attached hydrogens (tertiary/aromatic N) is 8. The number of halogens is 6. The van der Waals surface area contributed by atoms with Crippen molar-refractivity contribution in [2.45, 2.75) is 173 Å². The van der Waals surface area contributed by atoms with E-state index < -0.39 is 88.7 Å². The van der Waals surface area contributed by atoms with Gasteiger partial charge in [-0.1, -0.05) is 37.1 Å². The maximum Gasteiger partial charge on any atom is 0.416 e. The number of rotatable bonds is 24. The first-order chi connectivity index (χ1) is 41.3. The van der Waals surface area contributed by atoms with Crippen LogP contribution in [0.3, 0.4) is 0 Å². The molecule has 0 N–H and O–H groups in total. The Kier molecular flexibility index (Phi) is 21.1. The number of Topliss-reactive ketones (excluding diaryl/α,β-unsaturated/α-hetero) is 1. The van der Waals surface area contributed by atoms with Crippen molar-refractivity contribution in [2.75, 3.05) is 91.8 Å². The first-order valence-electron chi connectivity index (χ1n) is 31.2. The molecule has 8 heterocycles. The van der Waals surface area contributed by atoms with E-state index in [0.717, 1.165) is 87.5 Å². The fourth-order valence-electron chi connectivity index (χ4n) is 14.4. The number of pyridine rings is 2. The molecule has 6 saturated heterocycles. The molecule has 0 amide bonds. The van der Waals surface area contributed by atoms with E-state index in [1.54, 1.807) is 12.4 Å². The van der Waals surface area contributed by atoms with Crippen LogP contribution < -0.4 is 0 Å². The van der Waals surface area contributed by atoms with Gasteiger partial charge in [0, 0.05) is 114 Å². The zero-order chi connectivity index (χ0) is 60.6. The molecule has 472 valence electrons. The molecule has 0 spiro atoms. The quantitative estimate of drug-likeness (QED) is 0.0484. The van der Waals surface area contributed by atoms with Gasteiger partial charge in [0.25, 0.3) is 0 Å². The van der Waals surface area contributed by atoms with Crippen LogP contribution in [-0.2, 0) is 57.9 Å². The number of carbonyl (C=O) groups excluding carboxylic acids is 1. The van der Waals surface area contributed by atoms with E-state index >= 15 is 4.79 Å². The normalized spacial score (nSPS) is 23.6. The van der Waals surface area contributed by atoms with E-state index in [-0.39, 0.29) is 31.7 Å². The molecule has 15 nitrogen and oxygen atoms in total.